The topological polar surface area (TPSA) is 96.0 Å². The summed E-state index contributed by atoms with van der Waals surface area (Å²) < 4.78 is 10.8. The third kappa shape index (κ3) is 5.20. The molecule has 0 aliphatic rings. The SMILES string of the molecule is CCC(C)OCC(=O)O/N=C(\N)COc1cccc2cccnc12. The molecule has 7 heteroatoms. The van der Waals surface area contributed by atoms with Gasteiger partial charge in [0.05, 0.1) is 6.10 Å². The molecule has 1 aromatic carbocycles. The third-order valence-corrected chi connectivity index (χ3v) is 3.30. The Hall–Kier alpha value is -2.67. The number of nitrogens with zero attached hydrogens (tertiary/aromatic N) is 2. The summed E-state index contributed by atoms with van der Waals surface area (Å²) in [5, 5.41) is 4.50. The van der Waals surface area contributed by atoms with Gasteiger partial charge in [0.15, 0.2) is 5.84 Å². The van der Waals surface area contributed by atoms with Crippen molar-refractivity contribution in [3.05, 3.63) is 36.5 Å². The highest BCUT2D eigenvalue weighted by Crippen LogP contribution is 2.22. The number of carbonyl (C=O) groups excluding carboxylic acids is 1. The minimum absolute atomic E-state index is 0.0129. The molecular formula is C17H21N3O4. The number of aromatic nitrogens is 1. The van der Waals surface area contributed by atoms with Crippen molar-refractivity contribution in [3.8, 4) is 5.75 Å². The van der Waals surface area contributed by atoms with E-state index in [9.17, 15) is 4.79 Å². The zero-order chi connectivity index (χ0) is 17.4. The van der Waals surface area contributed by atoms with Crippen LogP contribution in [0, 0.1) is 0 Å². The maximum absolute atomic E-state index is 11.5. The number of para-hydroxylation sites is 1. The summed E-state index contributed by atoms with van der Waals surface area (Å²) in [5.74, 6) is 0.0163. The number of fused-ring (bicyclic) bond motifs is 1. The highest BCUT2D eigenvalue weighted by molar-refractivity contribution is 5.86. The summed E-state index contributed by atoms with van der Waals surface area (Å²) in [7, 11) is 0. The number of pyridine rings is 1. The molecule has 0 bridgehead atoms. The molecule has 0 saturated heterocycles. The minimum Gasteiger partial charge on any atom is -0.483 e. The number of oxime groups is 1. The number of carbonyl (C=O) groups is 1. The monoisotopic (exact) mass is 331 g/mol. The molecule has 1 heterocycles. The largest absolute Gasteiger partial charge is 0.483 e. The fourth-order valence-electron chi connectivity index (χ4n) is 1.83. The van der Waals surface area contributed by atoms with Gasteiger partial charge in [0.2, 0.25) is 0 Å². The molecule has 0 aliphatic carbocycles. The summed E-state index contributed by atoms with van der Waals surface area (Å²) in [4.78, 5) is 20.4. The first kappa shape index (κ1) is 17.7. The molecule has 0 spiro atoms. The lowest BCUT2D eigenvalue weighted by Gasteiger charge is -2.09. The number of ether oxygens (including phenoxy) is 2. The van der Waals surface area contributed by atoms with E-state index < -0.39 is 5.97 Å². The Bertz CT molecular complexity index is 713. The number of nitrogens with two attached hydrogens (primary N) is 1. The smallest absolute Gasteiger partial charge is 0.360 e. The Morgan fingerprint density at radius 1 is 1.29 bits per heavy atom. The van der Waals surface area contributed by atoms with Crippen molar-refractivity contribution in [1.82, 2.24) is 4.98 Å². The van der Waals surface area contributed by atoms with Crippen LogP contribution < -0.4 is 10.5 Å². The van der Waals surface area contributed by atoms with Crippen molar-refractivity contribution in [2.24, 2.45) is 10.9 Å². The molecule has 0 amide bonds. The average molecular weight is 331 g/mol. The van der Waals surface area contributed by atoms with E-state index in [1.54, 1.807) is 12.3 Å². The Balaban J connectivity index is 1.85. The summed E-state index contributed by atoms with van der Waals surface area (Å²) in [6.45, 7) is 3.65. The fraction of sp³-hybridized carbons (Fsp3) is 0.353. The molecule has 0 saturated carbocycles. The van der Waals surface area contributed by atoms with Crippen LogP contribution >= 0.6 is 0 Å². The molecule has 2 N–H and O–H groups in total. The van der Waals surface area contributed by atoms with Crippen molar-refractivity contribution in [3.63, 3.8) is 0 Å². The molecule has 0 aliphatic heterocycles. The van der Waals surface area contributed by atoms with Gasteiger partial charge in [-0.25, -0.2) is 4.79 Å². The van der Waals surface area contributed by atoms with E-state index in [2.05, 4.69) is 15.0 Å². The van der Waals surface area contributed by atoms with E-state index in [0.29, 0.717) is 5.75 Å². The number of hydrogen-bond acceptors (Lipinski definition) is 6. The molecule has 2 aromatic rings. The van der Waals surface area contributed by atoms with Crippen LogP contribution in [0.3, 0.4) is 0 Å². The Morgan fingerprint density at radius 2 is 2.08 bits per heavy atom. The van der Waals surface area contributed by atoms with Gasteiger partial charge in [0.1, 0.15) is 24.5 Å². The van der Waals surface area contributed by atoms with Gasteiger partial charge < -0.3 is 20.0 Å². The predicted molar refractivity (Wildman–Crippen MR) is 90.7 cm³/mol. The molecule has 0 radical (unpaired) electrons. The Labute approximate surface area is 140 Å². The van der Waals surface area contributed by atoms with Crippen molar-refractivity contribution in [2.75, 3.05) is 13.2 Å². The Morgan fingerprint density at radius 3 is 2.88 bits per heavy atom. The van der Waals surface area contributed by atoms with E-state index >= 15 is 0 Å². The van der Waals surface area contributed by atoms with Gasteiger partial charge in [-0.1, -0.05) is 30.3 Å². The lowest BCUT2D eigenvalue weighted by molar-refractivity contribution is -0.150. The highest BCUT2D eigenvalue weighted by atomic mass is 16.7. The predicted octanol–water partition coefficient (Wildman–Crippen LogP) is 2.24. The second kappa shape index (κ2) is 8.83. The zero-order valence-corrected chi connectivity index (χ0v) is 13.8. The van der Waals surface area contributed by atoms with Crippen LogP contribution in [0.2, 0.25) is 0 Å². The molecule has 128 valence electrons. The van der Waals surface area contributed by atoms with Crippen LogP contribution in [0.1, 0.15) is 20.3 Å². The molecule has 1 atom stereocenters. The Kier molecular flexibility index (Phi) is 6.51. The van der Waals surface area contributed by atoms with Crippen LogP contribution in [0.25, 0.3) is 10.9 Å². The second-order valence-corrected chi connectivity index (χ2v) is 5.20. The van der Waals surface area contributed by atoms with Crippen LogP contribution in [0.15, 0.2) is 41.7 Å². The maximum Gasteiger partial charge on any atom is 0.360 e. The quantitative estimate of drug-likeness (QED) is 0.345. The molecule has 2 rings (SSSR count). The van der Waals surface area contributed by atoms with Gasteiger partial charge in [-0.3, -0.25) is 4.98 Å². The molecular weight excluding hydrogens is 310 g/mol. The summed E-state index contributed by atoms with van der Waals surface area (Å²) >= 11 is 0. The van der Waals surface area contributed by atoms with E-state index in [-0.39, 0.29) is 25.2 Å². The van der Waals surface area contributed by atoms with Gasteiger partial charge >= 0.3 is 5.97 Å². The zero-order valence-electron chi connectivity index (χ0n) is 13.8. The fourth-order valence-corrected chi connectivity index (χ4v) is 1.83. The van der Waals surface area contributed by atoms with Crippen molar-refractivity contribution in [2.45, 2.75) is 26.4 Å². The summed E-state index contributed by atoms with van der Waals surface area (Å²) in [5.41, 5.74) is 6.41. The molecule has 7 nitrogen and oxygen atoms in total. The van der Waals surface area contributed by atoms with E-state index in [1.807, 2.05) is 38.1 Å². The van der Waals surface area contributed by atoms with Gasteiger partial charge in [0, 0.05) is 11.6 Å². The van der Waals surface area contributed by atoms with Gasteiger partial charge in [-0.05, 0) is 25.5 Å². The standard InChI is InChI=1S/C17H21N3O4/c1-3-12(2)22-11-16(21)24-20-15(18)10-23-14-8-4-6-13-7-5-9-19-17(13)14/h4-9,12H,3,10-11H2,1-2H3,(H2,18,20). The van der Waals surface area contributed by atoms with Crippen molar-refractivity contribution >= 4 is 22.7 Å². The molecule has 1 aromatic heterocycles. The first-order valence-electron chi connectivity index (χ1n) is 7.70. The first-order valence-corrected chi connectivity index (χ1v) is 7.70. The number of benzene rings is 1. The molecule has 1 unspecified atom stereocenters. The van der Waals surface area contributed by atoms with Crippen molar-refractivity contribution < 1.29 is 19.1 Å². The summed E-state index contributed by atoms with van der Waals surface area (Å²) in [6.07, 6.45) is 2.48. The number of hydrogen-bond donors (Lipinski definition) is 1. The minimum atomic E-state index is -0.606. The summed E-state index contributed by atoms with van der Waals surface area (Å²) in [6, 6.07) is 9.37. The van der Waals surface area contributed by atoms with Gasteiger partial charge in [0.25, 0.3) is 0 Å². The van der Waals surface area contributed by atoms with Gasteiger partial charge in [-0.2, -0.15) is 0 Å². The van der Waals surface area contributed by atoms with Crippen LogP contribution in [0.5, 0.6) is 5.75 Å². The van der Waals surface area contributed by atoms with E-state index in [4.69, 9.17) is 15.2 Å². The van der Waals surface area contributed by atoms with E-state index in [0.717, 1.165) is 17.3 Å². The van der Waals surface area contributed by atoms with Gasteiger partial charge in [-0.15, -0.1) is 0 Å². The van der Waals surface area contributed by atoms with Crippen molar-refractivity contribution in [1.29, 1.82) is 0 Å². The lowest BCUT2D eigenvalue weighted by Crippen LogP contribution is -2.23. The third-order valence-electron chi connectivity index (χ3n) is 3.30. The van der Waals surface area contributed by atoms with Crippen LogP contribution in [-0.2, 0) is 14.4 Å². The second-order valence-electron chi connectivity index (χ2n) is 5.20. The highest BCUT2D eigenvalue weighted by Gasteiger charge is 2.08. The first-order chi connectivity index (χ1) is 11.6. The molecule has 0 fully saturated rings. The van der Waals surface area contributed by atoms with Crippen LogP contribution in [0.4, 0.5) is 0 Å². The lowest BCUT2D eigenvalue weighted by atomic mass is 10.2. The van der Waals surface area contributed by atoms with E-state index in [1.165, 1.54) is 0 Å². The number of amidine groups is 1. The number of rotatable bonds is 8. The molecule has 24 heavy (non-hydrogen) atoms. The average Bonchev–Trinajstić information content (AvgIpc) is 2.62. The normalized spacial score (nSPS) is 12.8. The maximum atomic E-state index is 11.5. The van der Waals surface area contributed by atoms with Crippen LogP contribution in [-0.4, -0.2) is 36.1 Å².